The van der Waals surface area contributed by atoms with E-state index in [1.165, 1.54) is 5.56 Å². The molecule has 1 aliphatic heterocycles. The van der Waals surface area contributed by atoms with Crippen LogP contribution in [0.3, 0.4) is 0 Å². The van der Waals surface area contributed by atoms with Crippen molar-refractivity contribution < 1.29 is 5.11 Å². The largest absolute Gasteiger partial charge is 0.392 e. The molecule has 0 saturated carbocycles. The highest BCUT2D eigenvalue weighted by Gasteiger charge is 2.24. The van der Waals surface area contributed by atoms with Crippen LogP contribution in [-0.2, 0) is 12.0 Å². The van der Waals surface area contributed by atoms with E-state index >= 15 is 0 Å². The number of hydrogen-bond acceptors (Lipinski definition) is 3. The van der Waals surface area contributed by atoms with Crippen LogP contribution in [-0.4, -0.2) is 29.2 Å². The minimum Gasteiger partial charge on any atom is -0.392 e. The first kappa shape index (κ1) is 14.0. The van der Waals surface area contributed by atoms with Gasteiger partial charge in [-0.3, -0.25) is 4.90 Å². The van der Waals surface area contributed by atoms with E-state index in [-0.39, 0.29) is 6.10 Å². The molecule has 1 aliphatic rings. The van der Waals surface area contributed by atoms with Crippen LogP contribution in [0, 0.1) is 11.3 Å². The Bertz CT molecular complexity index is 476. The molecule has 0 bridgehead atoms. The van der Waals surface area contributed by atoms with Crippen molar-refractivity contribution in [1.29, 1.82) is 5.26 Å². The summed E-state index contributed by atoms with van der Waals surface area (Å²) in [4.78, 5) is 2.28. The van der Waals surface area contributed by atoms with Crippen molar-refractivity contribution in [3.63, 3.8) is 0 Å². The smallest absolute Gasteiger partial charge is 0.0769 e. The summed E-state index contributed by atoms with van der Waals surface area (Å²) in [6.45, 7) is 6.49. The number of hydrogen-bond donors (Lipinski definition) is 1. The summed E-state index contributed by atoms with van der Waals surface area (Å²) in [7, 11) is 0. The van der Waals surface area contributed by atoms with Crippen LogP contribution in [0.25, 0.3) is 0 Å². The quantitative estimate of drug-likeness (QED) is 0.906. The molecule has 102 valence electrons. The molecule has 1 N–H and O–H groups in total. The summed E-state index contributed by atoms with van der Waals surface area (Å²) in [6.07, 6.45) is 1.75. The van der Waals surface area contributed by atoms with Gasteiger partial charge in [-0.1, -0.05) is 24.3 Å². The topological polar surface area (TPSA) is 47.3 Å². The molecule has 1 fully saturated rings. The lowest BCUT2D eigenvalue weighted by Crippen LogP contribution is -2.38. The van der Waals surface area contributed by atoms with Crippen LogP contribution >= 0.6 is 0 Å². The molecule has 19 heavy (non-hydrogen) atoms. The third-order valence-corrected chi connectivity index (χ3v) is 3.84. The minimum absolute atomic E-state index is 0.204. The maximum absolute atomic E-state index is 9.74. The monoisotopic (exact) mass is 258 g/mol. The van der Waals surface area contributed by atoms with Crippen molar-refractivity contribution in [2.75, 3.05) is 13.1 Å². The Morgan fingerprint density at radius 2 is 2.16 bits per heavy atom. The molecular formula is C16H22N2O. The van der Waals surface area contributed by atoms with Gasteiger partial charge in [-0.05, 0) is 44.4 Å². The van der Waals surface area contributed by atoms with Gasteiger partial charge in [0.25, 0.3) is 0 Å². The molecule has 1 unspecified atom stereocenters. The van der Waals surface area contributed by atoms with E-state index in [1.807, 2.05) is 32.0 Å². The predicted molar refractivity (Wildman–Crippen MR) is 75.6 cm³/mol. The molecule has 3 nitrogen and oxygen atoms in total. The number of rotatable bonds is 3. The number of aliphatic hydroxyl groups is 1. The zero-order valence-electron chi connectivity index (χ0n) is 11.8. The van der Waals surface area contributed by atoms with E-state index in [0.29, 0.717) is 0 Å². The van der Waals surface area contributed by atoms with Gasteiger partial charge in [0.15, 0.2) is 0 Å². The molecule has 1 saturated heterocycles. The molecule has 0 amide bonds. The molecule has 2 rings (SSSR count). The second-order valence-electron chi connectivity index (χ2n) is 5.93. The number of piperidine rings is 1. The lowest BCUT2D eigenvalue weighted by atomic mass is 9.83. The van der Waals surface area contributed by atoms with Crippen LogP contribution in [0.15, 0.2) is 24.3 Å². The number of aliphatic hydroxyl groups excluding tert-OH is 1. The maximum atomic E-state index is 9.74. The molecule has 0 spiro atoms. The fourth-order valence-electron chi connectivity index (χ4n) is 2.74. The van der Waals surface area contributed by atoms with Crippen molar-refractivity contribution in [1.82, 2.24) is 4.90 Å². The summed E-state index contributed by atoms with van der Waals surface area (Å²) in [6, 6.07) is 10.5. The van der Waals surface area contributed by atoms with Gasteiger partial charge in [-0.15, -0.1) is 0 Å². The number of nitriles is 1. The van der Waals surface area contributed by atoms with Gasteiger partial charge in [-0.25, -0.2) is 0 Å². The third-order valence-electron chi connectivity index (χ3n) is 3.84. The Kier molecular flexibility index (Phi) is 4.24. The summed E-state index contributed by atoms with van der Waals surface area (Å²) in [5, 5.41) is 19.1. The second-order valence-corrected chi connectivity index (χ2v) is 5.93. The lowest BCUT2D eigenvalue weighted by molar-refractivity contribution is 0.0666. The summed E-state index contributed by atoms with van der Waals surface area (Å²) >= 11 is 0. The van der Waals surface area contributed by atoms with E-state index in [4.69, 9.17) is 0 Å². The van der Waals surface area contributed by atoms with E-state index in [1.54, 1.807) is 0 Å². The van der Waals surface area contributed by atoms with Crippen LogP contribution in [0.1, 0.15) is 37.8 Å². The number of likely N-dealkylation sites (tertiary alicyclic amines) is 1. The van der Waals surface area contributed by atoms with E-state index in [0.717, 1.165) is 38.0 Å². The highest BCUT2D eigenvalue weighted by molar-refractivity contribution is 5.37. The first-order chi connectivity index (χ1) is 9.03. The van der Waals surface area contributed by atoms with Crippen LogP contribution in [0.4, 0.5) is 0 Å². The summed E-state index contributed by atoms with van der Waals surface area (Å²) < 4.78 is 0. The molecule has 1 aromatic carbocycles. The zero-order valence-corrected chi connectivity index (χ0v) is 11.8. The van der Waals surface area contributed by atoms with Crippen LogP contribution in [0.5, 0.6) is 0 Å². The van der Waals surface area contributed by atoms with Gasteiger partial charge in [0.05, 0.1) is 17.6 Å². The molecule has 0 aliphatic carbocycles. The zero-order chi connectivity index (χ0) is 13.9. The Hall–Kier alpha value is -1.37. The molecule has 1 aromatic rings. The Balaban J connectivity index is 2.19. The van der Waals surface area contributed by atoms with Gasteiger partial charge < -0.3 is 5.11 Å². The molecule has 3 heteroatoms. The second kappa shape index (κ2) is 5.73. The van der Waals surface area contributed by atoms with E-state index in [9.17, 15) is 10.4 Å². The molecule has 1 heterocycles. The molecule has 0 radical (unpaired) electrons. The molecular weight excluding hydrogens is 236 g/mol. The number of benzene rings is 1. The van der Waals surface area contributed by atoms with Crippen molar-refractivity contribution in [2.24, 2.45) is 0 Å². The first-order valence-corrected chi connectivity index (χ1v) is 6.93. The van der Waals surface area contributed by atoms with E-state index in [2.05, 4.69) is 17.0 Å². The third kappa shape index (κ3) is 3.34. The SMILES string of the molecule is CC(C)(C#N)c1ccccc1CN1CCCC(O)C1. The normalized spacial score (nSPS) is 21.1. The Labute approximate surface area is 115 Å². The van der Waals surface area contributed by atoms with Gasteiger partial charge in [0.1, 0.15) is 0 Å². The average molecular weight is 258 g/mol. The highest BCUT2D eigenvalue weighted by Crippen LogP contribution is 2.27. The fourth-order valence-corrected chi connectivity index (χ4v) is 2.74. The Morgan fingerprint density at radius 3 is 2.84 bits per heavy atom. The van der Waals surface area contributed by atoms with Gasteiger partial charge >= 0.3 is 0 Å². The Morgan fingerprint density at radius 1 is 1.42 bits per heavy atom. The van der Waals surface area contributed by atoms with Crippen molar-refractivity contribution >= 4 is 0 Å². The summed E-state index contributed by atoms with van der Waals surface area (Å²) in [5.41, 5.74) is 1.83. The summed E-state index contributed by atoms with van der Waals surface area (Å²) in [5.74, 6) is 0. The molecule has 1 atom stereocenters. The van der Waals surface area contributed by atoms with Crippen LogP contribution < -0.4 is 0 Å². The van der Waals surface area contributed by atoms with Gasteiger partial charge in [0.2, 0.25) is 0 Å². The fraction of sp³-hybridized carbons (Fsp3) is 0.562. The highest BCUT2D eigenvalue weighted by atomic mass is 16.3. The minimum atomic E-state index is -0.467. The first-order valence-electron chi connectivity index (χ1n) is 6.93. The standard InChI is InChI=1S/C16H22N2O/c1-16(2,12-17)15-8-4-3-6-13(15)10-18-9-5-7-14(19)11-18/h3-4,6,8,14,19H,5,7,9-11H2,1-2H3. The predicted octanol–water partition coefficient (Wildman–Crippen LogP) is 2.44. The molecule has 0 aromatic heterocycles. The van der Waals surface area contributed by atoms with Crippen molar-refractivity contribution in [2.45, 2.75) is 44.8 Å². The number of nitrogens with zero attached hydrogens (tertiary/aromatic N) is 2. The maximum Gasteiger partial charge on any atom is 0.0769 e. The van der Waals surface area contributed by atoms with Crippen molar-refractivity contribution in [3.05, 3.63) is 35.4 Å². The average Bonchev–Trinajstić information content (AvgIpc) is 2.39. The van der Waals surface area contributed by atoms with Gasteiger partial charge in [0, 0.05) is 13.1 Å². The van der Waals surface area contributed by atoms with Crippen LogP contribution in [0.2, 0.25) is 0 Å². The number of β-amino-alcohol motifs (C(OH)–C–C–N with tert-alkyl or cyclic N) is 1. The van der Waals surface area contributed by atoms with Crippen molar-refractivity contribution in [3.8, 4) is 6.07 Å². The van der Waals surface area contributed by atoms with E-state index < -0.39 is 5.41 Å². The lowest BCUT2D eigenvalue weighted by Gasteiger charge is -2.31. The van der Waals surface area contributed by atoms with Gasteiger partial charge in [-0.2, -0.15) is 5.26 Å².